The van der Waals surface area contributed by atoms with Gasteiger partial charge in [-0.1, -0.05) is 6.07 Å². The Kier molecular flexibility index (Phi) is 6.00. The number of aromatic nitrogens is 1. The highest BCUT2D eigenvalue weighted by Gasteiger charge is 2.31. The summed E-state index contributed by atoms with van der Waals surface area (Å²) in [6, 6.07) is 6.37. The van der Waals surface area contributed by atoms with E-state index in [9.17, 15) is 18.0 Å². The molecule has 0 saturated carbocycles. The van der Waals surface area contributed by atoms with Gasteiger partial charge in [0, 0.05) is 18.8 Å². The molecule has 0 aromatic carbocycles. The molecule has 2 aromatic rings. The van der Waals surface area contributed by atoms with Crippen molar-refractivity contribution in [3.63, 3.8) is 0 Å². The number of nitrogens with zero attached hydrogens (tertiary/aromatic N) is 2. The summed E-state index contributed by atoms with van der Waals surface area (Å²) >= 11 is 0. The Bertz CT molecular complexity index is 733. The lowest BCUT2D eigenvalue weighted by Gasteiger charge is -2.23. The van der Waals surface area contributed by atoms with E-state index in [1.807, 2.05) is 4.90 Å². The second-order valence-electron chi connectivity index (χ2n) is 6.33. The van der Waals surface area contributed by atoms with E-state index < -0.39 is 12.8 Å². The van der Waals surface area contributed by atoms with Crippen LogP contribution in [0.1, 0.15) is 24.2 Å². The molecule has 1 atom stereocenters. The highest BCUT2D eigenvalue weighted by molar-refractivity contribution is 5.81. The van der Waals surface area contributed by atoms with Gasteiger partial charge in [-0.05, 0) is 37.1 Å². The van der Waals surface area contributed by atoms with Gasteiger partial charge in [-0.2, -0.15) is 13.2 Å². The number of furan rings is 1. The van der Waals surface area contributed by atoms with E-state index in [0.29, 0.717) is 18.8 Å². The zero-order valence-corrected chi connectivity index (χ0v) is 14.5. The lowest BCUT2D eigenvalue weighted by molar-refractivity contribution is -0.154. The minimum Gasteiger partial charge on any atom is -0.468 e. The van der Waals surface area contributed by atoms with Crippen molar-refractivity contribution < 1.29 is 27.1 Å². The number of carbonyl (C=O) groups is 1. The lowest BCUT2D eigenvalue weighted by atomic mass is 10.2. The molecule has 0 bridgehead atoms. The second-order valence-corrected chi connectivity index (χ2v) is 6.33. The summed E-state index contributed by atoms with van der Waals surface area (Å²) < 4.78 is 46.3. The van der Waals surface area contributed by atoms with Crippen molar-refractivity contribution >= 4 is 5.91 Å². The van der Waals surface area contributed by atoms with Crippen molar-refractivity contribution in [2.75, 3.05) is 13.2 Å². The summed E-state index contributed by atoms with van der Waals surface area (Å²) in [6.07, 6.45) is 0.287. The first-order chi connectivity index (χ1) is 12.9. The van der Waals surface area contributed by atoms with E-state index in [1.54, 1.807) is 24.5 Å². The number of pyridine rings is 1. The van der Waals surface area contributed by atoms with Crippen LogP contribution in [0, 0.1) is 0 Å². The molecule has 0 spiro atoms. The van der Waals surface area contributed by atoms with Gasteiger partial charge < -0.3 is 14.5 Å². The third kappa shape index (κ3) is 5.72. The van der Waals surface area contributed by atoms with Gasteiger partial charge in [0.1, 0.15) is 5.76 Å². The Morgan fingerprint density at radius 3 is 2.89 bits per heavy atom. The van der Waals surface area contributed by atoms with Crippen molar-refractivity contribution in [1.29, 1.82) is 0 Å². The van der Waals surface area contributed by atoms with Crippen LogP contribution in [0.2, 0.25) is 0 Å². The first-order valence-corrected chi connectivity index (χ1v) is 8.59. The second kappa shape index (κ2) is 8.43. The number of halogens is 3. The van der Waals surface area contributed by atoms with Gasteiger partial charge in [0.25, 0.3) is 0 Å². The molecule has 9 heteroatoms. The molecule has 2 aromatic heterocycles. The van der Waals surface area contributed by atoms with Crippen molar-refractivity contribution in [3.8, 4) is 5.88 Å². The minimum absolute atomic E-state index is 0.0676. The maximum atomic E-state index is 12.4. The molecule has 1 amide bonds. The van der Waals surface area contributed by atoms with E-state index in [1.165, 1.54) is 12.3 Å². The largest absolute Gasteiger partial charge is 0.468 e. The number of amides is 1. The van der Waals surface area contributed by atoms with E-state index in [2.05, 4.69) is 15.0 Å². The van der Waals surface area contributed by atoms with Crippen LogP contribution in [-0.4, -0.2) is 41.2 Å². The number of hydrogen-bond acceptors (Lipinski definition) is 5. The molecule has 3 rings (SSSR count). The van der Waals surface area contributed by atoms with Crippen LogP contribution < -0.4 is 10.1 Å². The maximum Gasteiger partial charge on any atom is 0.422 e. The average molecular weight is 383 g/mol. The van der Waals surface area contributed by atoms with Gasteiger partial charge in [-0.15, -0.1) is 0 Å². The number of ether oxygens (including phenoxy) is 1. The Morgan fingerprint density at radius 1 is 1.37 bits per heavy atom. The third-order valence-electron chi connectivity index (χ3n) is 4.25. The molecule has 0 aliphatic carbocycles. The topological polar surface area (TPSA) is 67.6 Å². The van der Waals surface area contributed by atoms with Crippen LogP contribution in [-0.2, 0) is 17.9 Å². The summed E-state index contributed by atoms with van der Waals surface area (Å²) in [5.41, 5.74) is 0.806. The number of likely N-dealkylation sites (tertiary alicyclic amines) is 1. The van der Waals surface area contributed by atoms with Gasteiger partial charge in [0.15, 0.2) is 6.61 Å². The van der Waals surface area contributed by atoms with E-state index >= 15 is 0 Å². The average Bonchev–Trinajstić information content (AvgIpc) is 3.30. The van der Waals surface area contributed by atoms with Crippen LogP contribution >= 0.6 is 0 Å². The molecule has 1 aliphatic rings. The monoisotopic (exact) mass is 383 g/mol. The van der Waals surface area contributed by atoms with Gasteiger partial charge in [-0.3, -0.25) is 9.69 Å². The van der Waals surface area contributed by atoms with Gasteiger partial charge in [0.2, 0.25) is 11.8 Å². The van der Waals surface area contributed by atoms with E-state index in [4.69, 9.17) is 4.42 Å². The Balaban J connectivity index is 1.52. The lowest BCUT2D eigenvalue weighted by Crippen LogP contribution is -2.42. The molecule has 1 N–H and O–H groups in total. The predicted octanol–water partition coefficient (Wildman–Crippen LogP) is 2.90. The fraction of sp³-hybridized carbons (Fsp3) is 0.444. The SMILES string of the molecule is O=C(NCc1ccco1)[C@H]1CCCN1Cc1ccc(OCC(F)(F)F)nc1. The van der Waals surface area contributed by atoms with Gasteiger partial charge >= 0.3 is 6.18 Å². The van der Waals surface area contributed by atoms with Crippen molar-refractivity contribution in [2.45, 2.75) is 38.1 Å². The Morgan fingerprint density at radius 2 is 2.22 bits per heavy atom. The number of hydrogen-bond donors (Lipinski definition) is 1. The van der Waals surface area contributed by atoms with Crippen LogP contribution in [0.25, 0.3) is 0 Å². The zero-order chi connectivity index (χ0) is 19.3. The van der Waals surface area contributed by atoms with E-state index in [-0.39, 0.29) is 17.8 Å². The normalized spacial score (nSPS) is 17.8. The first kappa shape index (κ1) is 19.2. The van der Waals surface area contributed by atoms with Crippen LogP contribution in [0.4, 0.5) is 13.2 Å². The molecule has 0 radical (unpaired) electrons. The molecule has 0 unspecified atom stereocenters. The Labute approximate surface area is 154 Å². The van der Waals surface area contributed by atoms with Crippen molar-refractivity contribution in [1.82, 2.24) is 15.2 Å². The molecule has 6 nitrogen and oxygen atoms in total. The Hall–Kier alpha value is -2.55. The summed E-state index contributed by atoms with van der Waals surface area (Å²) in [6.45, 7) is 0.225. The number of rotatable bonds is 7. The molecule has 3 heterocycles. The zero-order valence-electron chi connectivity index (χ0n) is 14.5. The molecule has 1 saturated heterocycles. The highest BCUT2D eigenvalue weighted by atomic mass is 19.4. The number of nitrogens with one attached hydrogen (secondary N) is 1. The molecule has 146 valence electrons. The van der Waals surface area contributed by atoms with Gasteiger partial charge in [-0.25, -0.2) is 4.98 Å². The fourth-order valence-corrected chi connectivity index (χ4v) is 3.00. The molecular weight excluding hydrogens is 363 g/mol. The smallest absolute Gasteiger partial charge is 0.422 e. The highest BCUT2D eigenvalue weighted by Crippen LogP contribution is 2.21. The molecule has 1 aliphatic heterocycles. The summed E-state index contributed by atoms with van der Waals surface area (Å²) in [4.78, 5) is 18.4. The molecular formula is C18H20F3N3O3. The van der Waals surface area contributed by atoms with Crippen LogP contribution in [0.5, 0.6) is 5.88 Å². The number of carbonyl (C=O) groups excluding carboxylic acids is 1. The van der Waals surface area contributed by atoms with Crippen LogP contribution in [0.3, 0.4) is 0 Å². The van der Waals surface area contributed by atoms with Crippen LogP contribution in [0.15, 0.2) is 41.1 Å². The van der Waals surface area contributed by atoms with Crippen molar-refractivity contribution in [2.24, 2.45) is 0 Å². The van der Waals surface area contributed by atoms with E-state index in [0.717, 1.165) is 24.9 Å². The predicted molar refractivity (Wildman–Crippen MR) is 89.8 cm³/mol. The molecule has 27 heavy (non-hydrogen) atoms. The maximum absolute atomic E-state index is 12.4. The minimum atomic E-state index is -4.40. The number of alkyl halides is 3. The fourth-order valence-electron chi connectivity index (χ4n) is 3.00. The summed E-state index contributed by atoms with van der Waals surface area (Å²) in [7, 11) is 0. The quantitative estimate of drug-likeness (QED) is 0.796. The summed E-state index contributed by atoms with van der Waals surface area (Å²) in [5.74, 6) is 0.541. The molecule has 1 fully saturated rings. The van der Waals surface area contributed by atoms with Crippen molar-refractivity contribution in [3.05, 3.63) is 48.0 Å². The first-order valence-electron chi connectivity index (χ1n) is 8.59. The summed E-state index contributed by atoms with van der Waals surface area (Å²) in [5, 5.41) is 2.87. The van der Waals surface area contributed by atoms with Gasteiger partial charge in [0.05, 0.1) is 18.8 Å². The standard InChI is InChI=1S/C18H20F3N3O3/c19-18(20,21)12-27-16-6-5-13(9-22-16)11-24-7-1-4-15(24)17(25)23-10-14-3-2-8-26-14/h2-3,5-6,8-9,15H,1,4,7,10-12H2,(H,23,25)/t15-/m1/s1. The third-order valence-corrected chi connectivity index (χ3v) is 4.25.